The second-order valence-electron chi connectivity index (χ2n) is 6.24. The van der Waals surface area contributed by atoms with Crippen molar-refractivity contribution in [2.24, 2.45) is 0 Å². The van der Waals surface area contributed by atoms with Gasteiger partial charge in [-0.2, -0.15) is 0 Å². The number of ether oxygens (including phenoxy) is 4. The van der Waals surface area contributed by atoms with Crippen molar-refractivity contribution in [2.45, 2.75) is 19.8 Å². The molecule has 29 heavy (non-hydrogen) atoms. The molecule has 0 fully saturated rings. The minimum atomic E-state index is -0.198. The van der Waals surface area contributed by atoms with E-state index < -0.39 is 0 Å². The maximum Gasteiger partial charge on any atom is 0.244 e. The van der Waals surface area contributed by atoms with Crippen molar-refractivity contribution in [3.63, 3.8) is 0 Å². The van der Waals surface area contributed by atoms with Gasteiger partial charge in [0.1, 0.15) is 6.61 Å². The van der Waals surface area contributed by atoms with Crippen LogP contribution in [0.2, 0.25) is 0 Å². The van der Waals surface area contributed by atoms with Crippen molar-refractivity contribution in [2.75, 3.05) is 34.0 Å². The molecule has 6 heteroatoms. The average Bonchev–Trinajstić information content (AvgIpc) is 2.76. The van der Waals surface area contributed by atoms with Crippen LogP contribution in [0.5, 0.6) is 23.0 Å². The zero-order chi connectivity index (χ0) is 20.9. The van der Waals surface area contributed by atoms with E-state index in [1.54, 1.807) is 20.3 Å². The molecule has 1 amide bonds. The van der Waals surface area contributed by atoms with Crippen LogP contribution in [0.4, 0.5) is 0 Å². The van der Waals surface area contributed by atoms with Gasteiger partial charge >= 0.3 is 0 Å². The minimum Gasteiger partial charge on any atom is -0.493 e. The SMILES string of the molecule is CCCCOc1ccc(/C=C/C(=O)NCCOc2ccccc2OC)cc1OC. The van der Waals surface area contributed by atoms with Crippen LogP contribution in [0, 0.1) is 0 Å². The maximum absolute atomic E-state index is 12.0. The van der Waals surface area contributed by atoms with E-state index in [0.29, 0.717) is 42.8 Å². The number of methoxy groups -OCH3 is 2. The normalized spacial score (nSPS) is 10.6. The molecule has 0 atom stereocenters. The number of nitrogens with one attached hydrogen (secondary N) is 1. The van der Waals surface area contributed by atoms with Gasteiger partial charge < -0.3 is 24.3 Å². The quantitative estimate of drug-likeness (QED) is 0.430. The molecule has 0 heterocycles. The standard InChI is InChI=1S/C23H29NO5/c1-4-5-15-28-21-12-10-18(17-22(21)27-3)11-13-23(25)24-14-16-29-20-9-7-6-8-19(20)26-2/h6-13,17H,4-5,14-16H2,1-3H3,(H,24,25)/b13-11+. The molecule has 2 rings (SSSR count). The molecule has 0 saturated heterocycles. The Morgan fingerprint density at radius 3 is 2.34 bits per heavy atom. The maximum atomic E-state index is 12.0. The van der Waals surface area contributed by atoms with Crippen molar-refractivity contribution in [3.05, 3.63) is 54.1 Å². The van der Waals surface area contributed by atoms with Crippen molar-refractivity contribution in [3.8, 4) is 23.0 Å². The Morgan fingerprint density at radius 1 is 0.931 bits per heavy atom. The Bertz CT molecular complexity index is 804. The lowest BCUT2D eigenvalue weighted by Crippen LogP contribution is -2.26. The average molecular weight is 399 g/mol. The highest BCUT2D eigenvalue weighted by molar-refractivity contribution is 5.91. The number of benzene rings is 2. The number of carbonyl (C=O) groups is 1. The number of carbonyl (C=O) groups excluding carboxylic acids is 1. The zero-order valence-corrected chi connectivity index (χ0v) is 17.3. The van der Waals surface area contributed by atoms with E-state index in [1.807, 2.05) is 42.5 Å². The number of unbranched alkanes of at least 4 members (excludes halogenated alkanes) is 1. The Morgan fingerprint density at radius 2 is 1.62 bits per heavy atom. The lowest BCUT2D eigenvalue weighted by Gasteiger charge is -2.11. The van der Waals surface area contributed by atoms with Crippen molar-refractivity contribution in [1.82, 2.24) is 5.32 Å². The highest BCUT2D eigenvalue weighted by Gasteiger charge is 2.05. The molecule has 0 aliphatic carbocycles. The van der Waals surface area contributed by atoms with Gasteiger partial charge in [0, 0.05) is 6.08 Å². The van der Waals surface area contributed by atoms with E-state index in [1.165, 1.54) is 6.08 Å². The Hall–Kier alpha value is -3.15. The first-order valence-corrected chi connectivity index (χ1v) is 9.70. The van der Waals surface area contributed by atoms with Crippen molar-refractivity contribution < 1.29 is 23.7 Å². The van der Waals surface area contributed by atoms with Crippen LogP contribution in [0.1, 0.15) is 25.3 Å². The molecule has 0 saturated carbocycles. The van der Waals surface area contributed by atoms with Gasteiger partial charge in [-0.25, -0.2) is 0 Å². The minimum absolute atomic E-state index is 0.198. The van der Waals surface area contributed by atoms with Crippen LogP contribution in [-0.2, 0) is 4.79 Å². The van der Waals surface area contributed by atoms with E-state index in [2.05, 4.69) is 12.2 Å². The third kappa shape index (κ3) is 7.41. The summed E-state index contributed by atoms with van der Waals surface area (Å²) in [5.74, 6) is 2.46. The van der Waals surface area contributed by atoms with Crippen LogP contribution >= 0.6 is 0 Å². The second-order valence-corrected chi connectivity index (χ2v) is 6.24. The summed E-state index contributed by atoms with van der Waals surface area (Å²) in [6.45, 7) is 3.50. The molecule has 0 aliphatic heterocycles. The number of rotatable bonds is 12. The topological polar surface area (TPSA) is 66.0 Å². The van der Waals surface area contributed by atoms with Gasteiger partial charge in [-0.3, -0.25) is 4.79 Å². The molecule has 1 N–H and O–H groups in total. The molecule has 0 spiro atoms. The molecule has 2 aromatic rings. The lowest BCUT2D eigenvalue weighted by molar-refractivity contribution is -0.116. The van der Waals surface area contributed by atoms with Gasteiger partial charge in [0.15, 0.2) is 23.0 Å². The highest BCUT2D eigenvalue weighted by atomic mass is 16.5. The predicted octanol–water partition coefficient (Wildman–Crippen LogP) is 4.09. The van der Waals surface area contributed by atoms with Crippen molar-refractivity contribution >= 4 is 12.0 Å². The first kappa shape index (κ1) is 22.1. The molecule has 0 aromatic heterocycles. The molecule has 0 radical (unpaired) electrons. The Labute approximate surface area is 172 Å². The van der Waals surface area contributed by atoms with Gasteiger partial charge in [0.05, 0.1) is 27.4 Å². The van der Waals surface area contributed by atoms with Gasteiger partial charge in [-0.15, -0.1) is 0 Å². The predicted molar refractivity (Wildman–Crippen MR) is 114 cm³/mol. The van der Waals surface area contributed by atoms with Crippen molar-refractivity contribution in [1.29, 1.82) is 0 Å². The Kier molecular flexibility index (Phi) is 9.42. The fourth-order valence-corrected chi connectivity index (χ4v) is 2.54. The summed E-state index contributed by atoms with van der Waals surface area (Å²) in [5, 5.41) is 2.79. The van der Waals surface area contributed by atoms with Gasteiger partial charge in [0.25, 0.3) is 0 Å². The molecule has 156 valence electrons. The van der Waals surface area contributed by atoms with E-state index in [9.17, 15) is 4.79 Å². The first-order valence-electron chi connectivity index (χ1n) is 9.70. The summed E-state index contributed by atoms with van der Waals surface area (Å²) in [5.41, 5.74) is 0.852. The summed E-state index contributed by atoms with van der Waals surface area (Å²) >= 11 is 0. The van der Waals surface area contributed by atoms with Crippen LogP contribution < -0.4 is 24.3 Å². The third-order valence-electron chi connectivity index (χ3n) is 4.10. The summed E-state index contributed by atoms with van der Waals surface area (Å²) in [6.07, 6.45) is 5.28. The third-order valence-corrected chi connectivity index (χ3v) is 4.10. The zero-order valence-electron chi connectivity index (χ0n) is 17.3. The summed E-state index contributed by atoms with van der Waals surface area (Å²) in [4.78, 5) is 12.0. The number of amides is 1. The van der Waals surface area contributed by atoms with Gasteiger partial charge in [-0.1, -0.05) is 31.5 Å². The smallest absolute Gasteiger partial charge is 0.244 e. The highest BCUT2D eigenvalue weighted by Crippen LogP contribution is 2.29. The van der Waals surface area contributed by atoms with Gasteiger partial charge in [-0.05, 0) is 42.3 Å². The Balaban J connectivity index is 1.80. The van der Waals surface area contributed by atoms with Crippen LogP contribution in [0.25, 0.3) is 6.08 Å². The molecule has 2 aromatic carbocycles. The summed E-state index contributed by atoms with van der Waals surface area (Å²) < 4.78 is 21.9. The lowest BCUT2D eigenvalue weighted by atomic mass is 10.2. The van der Waals surface area contributed by atoms with Crippen LogP contribution in [-0.4, -0.2) is 39.9 Å². The first-order chi connectivity index (χ1) is 14.2. The second kappa shape index (κ2) is 12.3. The van der Waals surface area contributed by atoms with Gasteiger partial charge in [0.2, 0.25) is 5.91 Å². The fraction of sp³-hybridized carbons (Fsp3) is 0.348. The summed E-state index contributed by atoms with van der Waals surface area (Å²) in [6, 6.07) is 13.0. The summed E-state index contributed by atoms with van der Waals surface area (Å²) in [7, 11) is 3.19. The molecule has 0 bridgehead atoms. The number of para-hydroxylation sites is 2. The number of hydrogen-bond donors (Lipinski definition) is 1. The van der Waals surface area contributed by atoms with E-state index in [0.717, 1.165) is 18.4 Å². The molecule has 0 unspecified atom stereocenters. The van der Waals surface area contributed by atoms with E-state index in [4.69, 9.17) is 18.9 Å². The van der Waals surface area contributed by atoms with Crippen LogP contribution in [0.15, 0.2) is 48.5 Å². The fourth-order valence-electron chi connectivity index (χ4n) is 2.54. The van der Waals surface area contributed by atoms with E-state index in [-0.39, 0.29) is 5.91 Å². The molecular weight excluding hydrogens is 370 g/mol. The van der Waals surface area contributed by atoms with Crippen LogP contribution in [0.3, 0.4) is 0 Å². The molecular formula is C23H29NO5. The number of hydrogen-bond acceptors (Lipinski definition) is 5. The molecule has 0 aliphatic rings. The molecule has 6 nitrogen and oxygen atoms in total. The monoisotopic (exact) mass is 399 g/mol. The largest absolute Gasteiger partial charge is 0.493 e. The van der Waals surface area contributed by atoms with E-state index >= 15 is 0 Å².